The van der Waals surface area contributed by atoms with Gasteiger partial charge in [0.15, 0.2) is 0 Å². The summed E-state index contributed by atoms with van der Waals surface area (Å²) < 4.78 is 6.11. The van der Waals surface area contributed by atoms with Crippen molar-refractivity contribution < 1.29 is 29.4 Å². The van der Waals surface area contributed by atoms with Gasteiger partial charge < -0.3 is 35.4 Å². The number of hydrogen-bond donors (Lipinski definition) is 4. The van der Waals surface area contributed by atoms with Gasteiger partial charge in [-0.25, -0.2) is 0 Å². The minimum atomic E-state index is -0.902. The van der Waals surface area contributed by atoms with E-state index in [1.165, 1.54) is 6.42 Å². The van der Waals surface area contributed by atoms with E-state index >= 15 is 0 Å². The zero-order chi connectivity index (χ0) is 40.5. The van der Waals surface area contributed by atoms with E-state index in [0.717, 1.165) is 34.4 Å². The third-order valence-electron chi connectivity index (χ3n) is 12.9. The highest BCUT2D eigenvalue weighted by Crippen LogP contribution is 2.61. The van der Waals surface area contributed by atoms with Crippen molar-refractivity contribution in [3.05, 3.63) is 83.4 Å². The number of hydrogen-bond acceptors (Lipinski definition) is 9. The molecule has 4 fully saturated rings. The Hall–Kier alpha value is -4.00. The summed E-state index contributed by atoms with van der Waals surface area (Å²) in [6.45, 7) is 9.07. The minimum Gasteiger partial charge on any atom is -0.496 e. The number of hydroxylamine groups is 2. The second-order valence-corrected chi connectivity index (χ2v) is 17.5. The van der Waals surface area contributed by atoms with Crippen molar-refractivity contribution in [1.82, 2.24) is 20.6 Å². The van der Waals surface area contributed by atoms with Crippen LogP contribution in [-0.4, -0.2) is 111 Å². The van der Waals surface area contributed by atoms with Crippen LogP contribution in [0.4, 0.5) is 5.69 Å². The third kappa shape index (κ3) is 8.62. The quantitative estimate of drug-likeness (QED) is 0.169. The number of nitrogens with one attached hydrogen (secondary N) is 2. The number of methoxy groups -OCH3 is 1. The van der Waals surface area contributed by atoms with E-state index < -0.39 is 24.2 Å². The maximum Gasteiger partial charge on any atom is 0.251 e. The first-order valence-corrected chi connectivity index (χ1v) is 20.1. The summed E-state index contributed by atoms with van der Waals surface area (Å²) in [5.74, 6) is 1.02. The van der Waals surface area contributed by atoms with Crippen molar-refractivity contribution in [3.8, 4) is 16.9 Å². The zero-order valence-corrected chi connectivity index (χ0v) is 34.7. The number of rotatable bonds is 15. The van der Waals surface area contributed by atoms with Crippen LogP contribution in [0, 0.1) is 29.1 Å². The van der Waals surface area contributed by atoms with Crippen LogP contribution in [0.3, 0.4) is 0 Å². The molecular weight excluding hydrogens is 707 g/mol. The SMILES string of the molecule is COc1c(CN2O[C@@H](CO)[C@@H]([C@H](C)O)[C@H]2C(=O)N[C@H]2C[C@H]3C[C@H]([C@@H]2C)C3(C)C)cccc1-c1cc(C(=O)N[C@@H](Cc2ccccc2)CN(C)C)cc(N(C)C)c1. The molecule has 3 aromatic carbocycles. The van der Waals surface area contributed by atoms with Crippen molar-refractivity contribution in [2.45, 2.75) is 83.8 Å². The molecule has 3 saturated carbocycles. The van der Waals surface area contributed by atoms with Crippen LogP contribution >= 0.6 is 0 Å². The maximum atomic E-state index is 14.3. The Labute approximate surface area is 333 Å². The molecule has 11 nitrogen and oxygen atoms in total. The zero-order valence-electron chi connectivity index (χ0n) is 34.7. The normalized spacial score (nSPS) is 26.6. The van der Waals surface area contributed by atoms with E-state index in [2.05, 4.69) is 48.4 Å². The second kappa shape index (κ2) is 17.2. The topological polar surface area (TPSA) is 127 Å². The van der Waals surface area contributed by atoms with Crippen LogP contribution in [0.5, 0.6) is 5.75 Å². The molecule has 304 valence electrons. The highest BCUT2D eigenvalue weighted by Gasteiger charge is 2.57. The molecule has 0 spiro atoms. The number of aliphatic hydroxyl groups excluding tert-OH is 2. The van der Waals surface area contributed by atoms with Gasteiger partial charge in [0.05, 0.1) is 26.4 Å². The fourth-order valence-corrected chi connectivity index (χ4v) is 9.76. The van der Waals surface area contributed by atoms with Crippen molar-refractivity contribution >= 4 is 17.5 Å². The number of amides is 2. The number of carbonyl (C=O) groups is 2. The smallest absolute Gasteiger partial charge is 0.251 e. The molecule has 0 aromatic heterocycles. The van der Waals surface area contributed by atoms with Crippen molar-refractivity contribution in [2.24, 2.45) is 29.1 Å². The Kier molecular flexibility index (Phi) is 12.8. The summed E-state index contributed by atoms with van der Waals surface area (Å²) in [6.07, 6.45) is 1.17. The number of nitrogens with zero attached hydrogens (tertiary/aromatic N) is 3. The molecule has 3 aromatic rings. The summed E-state index contributed by atoms with van der Waals surface area (Å²) in [5.41, 5.74) is 5.15. The first-order valence-electron chi connectivity index (χ1n) is 20.1. The van der Waals surface area contributed by atoms with E-state index in [1.807, 2.05) is 87.7 Å². The molecule has 56 heavy (non-hydrogen) atoms. The Morgan fingerprint density at radius 1 is 1.04 bits per heavy atom. The van der Waals surface area contributed by atoms with E-state index in [9.17, 15) is 19.8 Å². The fraction of sp³-hybridized carbons (Fsp3) is 0.556. The number of fused-ring (bicyclic) bond motifs is 2. The average molecular weight is 770 g/mol. The molecule has 11 heteroatoms. The van der Waals surface area contributed by atoms with Gasteiger partial charge in [-0.05, 0) is 92.8 Å². The standard InChI is InChI=1S/C45H63N5O6/c1-27-37-22-33(45(37,3)4)23-38(27)47-44(54)41-40(28(2)52)39(26-51)56-50(41)24-30-16-13-17-36(42(30)55-9)31-19-32(21-35(20-31)49(7)8)43(53)46-34(25-48(5)6)18-29-14-11-10-12-15-29/h10-17,19-21,27-28,33-34,37-41,51-52H,18,22-26H2,1-9H3,(H,46,53)(H,47,54)/t27-,28-,33+,34-,37+,38-,39-,40+,41-/m0/s1. The van der Waals surface area contributed by atoms with Crippen LogP contribution in [-0.2, 0) is 22.6 Å². The van der Waals surface area contributed by atoms with E-state index in [-0.39, 0.29) is 42.5 Å². The van der Waals surface area contributed by atoms with Crippen LogP contribution in [0.1, 0.15) is 62.0 Å². The molecule has 0 radical (unpaired) electrons. The molecule has 3 aliphatic carbocycles. The number of para-hydroxylation sites is 1. The summed E-state index contributed by atoms with van der Waals surface area (Å²) >= 11 is 0. The van der Waals surface area contributed by atoms with Gasteiger partial charge in [-0.1, -0.05) is 69.3 Å². The molecule has 0 unspecified atom stereocenters. The number of aliphatic hydroxyl groups is 2. The summed E-state index contributed by atoms with van der Waals surface area (Å²) in [7, 11) is 9.52. The summed E-state index contributed by atoms with van der Waals surface area (Å²) in [5, 5.41) is 29.6. The monoisotopic (exact) mass is 769 g/mol. The highest BCUT2D eigenvalue weighted by molar-refractivity contribution is 5.97. The largest absolute Gasteiger partial charge is 0.496 e. The molecule has 4 N–H and O–H groups in total. The molecule has 7 rings (SSSR count). The molecule has 9 atom stereocenters. The predicted molar refractivity (Wildman–Crippen MR) is 220 cm³/mol. The molecule has 4 aliphatic rings. The maximum absolute atomic E-state index is 14.3. The highest BCUT2D eigenvalue weighted by atomic mass is 16.7. The lowest BCUT2D eigenvalue weighted by molar-refractivity contribution is -0.183. The van der Waals surface area contributed by atoms with Gasteiger partial charge in [-0.2, -0.15) is 5.06 Å². The van der Waals surface area contributed by atoms with Crippen LogP contribution in [0.25, 0.3) is 11.1 Å². The lowest BCUT2D eigenvalue weighted by Crippen LogP contribution is -2.62. The lowest BCUT2D eigenvalue weighted by Gasteiger charge is -2.62. The average Bonchev–Trinajstić information content (AvgIpc) is 3.53. The molecule has 2 bridgehead atoms. The van der Waals surface area contributed by atoms with Crippen LogP contribution in [0.2, 0.25) is 0 Å². The van der Waals surface area contributed by atoms with Gasteiger partial charge in [0.25, 0.3) is 5.91 Å². The third-order valence-corrected chi connectivity index (χ3v) is 12.9. The van der Waals surface area contributed by atoms with Crippen molar-refractivity contribution in [3.63, 3.8) is 0 Å². The van der Waals surface area contributed by atoms with E-state index in [0.29, 0.717) is 42.0 Å². The second-order valence-electron chi connectivity index (χ2n) is 17.5. The Balaban J connectivity index is 1.28. The number of anilines is 1. The fourth-order valence-electron chi connectivity index (χ4n) is 9.76. The number of ether oxygens (including phenoxy) is 1. The van der Waals surface area contributed by atoms with Crippen molar-refractivity contribution in [2.75, 3.05) is 53.4 Å². The van der Waals surface area contributed by atoms with E-state index in [4.69, 9.17) is 9.57 Å². The number of benzene rings is 3. The van der Waals surface area contributed by atoms with Gasteiger partial charge in [-0.15, -0.1) is 0 Å². The number of likely N-dealkylation sites (N-methyl/N-ethyl adjacent to an activating group) is 1. The molecule has 1 saturated heterocycles. The Bertz CT molecular complexity index is 1830. The molecule has 1 aliphatic heterocycles. The van der Waals surface area contributed by atoms with Gasteiger partial charge >= 0.3 is 0 Å². The van der Waals surface area contributed by atoms with Crippen molar-refractivity contribution in [1.29, 1.82) is 0 Å². The Morgan fingerprint density at radius 3 is 2.38 bits per heavy atom. The predicted octanol–water partition coefficient (Wildman–Crippen LogP) is 4.99. The van der Waals surface area contributed by atoms with E-state index in [1.54, 1.807) is 19.1 Å². The van der Waals surface area contributed by atoms with Crippen LogP contribution in [0.15, 0.2) is 66.7 Å². The number of carbonyl (C=O) groups excluding carboxylic acids is 2. The molecule has 1 heterocycles. The van der Waals surface area contributed by atoms with Gasteiger partial charge in [0, 0.05) is 61.0 Å². The first kappa shape index (κ1) is 41.6. The summed E-state index contributed by atoms with van der Waals surface area (Å²) in [4.78, 5) is 38.7. The van der Waals surface area contributed by atoms with Crippen LogP contribution < -0.4 is 20.3 Å². The van der Waals surface area contributed by atoms with Gasteiger partial charge in [-0.3, -0.25) is 14.4 Å². The first-order chi connectivity index (χ1) is 26.6. The lowest BCUT2D eigenvalue weighted by atomic mass is 9.45. The molecule has 2 amide bonds. The minimum absolute atomic E-state index is 0.0358. The Morgan fingerprint density at radius 2 is 1.77 bits per heavy atom. The summed E-state index contributed by atoms with van der Waals surface area (Å²) in [6, 6.07) is 20.9. The van der Waals surface area contributed by atoms with Gasteiger partial charge in [0.1, 0.15) is 17.9 Å². The molecular formula is C45H63N5O6. The van der Waals surface area contributed by atoms with Gasteiger partial charge in [0.2, 0.25) is 5.91 Å².